The van der Waals surface area contributed by atoms with Gasteiger partial charge in [-0.05, 0) is 18.2 Å². The molecule has 0 fully saturated rings. The first-order chi connectivity index (χ1) is 12.8. The van der Waals surface area contributed by atoms with E-state index in [1.807, 2.05) is 0 Å². The molecule has 6 nitrogen and oxygen atoms in total. The molecule has 3 rings (SSSR count). The van der Waals surface area contributed by atoms with Crippen molar-refractivity contribution in [3.8, 4) is 11.5 Å². The summed E-state index contributed by atoms with van der Waals surface area (Å²) in [6, 6.07) is 6.84. The third kappa shape index (κ3) is 3.46. The Morgan fingerprint density at radius 3 is 2.52 bits per heavy atom. The first kappa shape index (κ1) is 18.7. The first-order valence-corrected chi connectivity index (χ1v) is 8.25. The summed E-state index contributed by atoms with van der Waals surface area (Å²) in [5, 5.41) is 3.04. The smallest absolute Gasteiger partial charge is 0.261 e. The Hall–Kier alpha value is -3.06. The van der Waals surface area contributed by atoms with Crippen LogP contribution in [0.3, 0.4) is 0 Å². The van der Waals surface area contributed by atoms with Crippen LogP contribution in [0.2, 0.25) is 5.02 Å². The fourth-order valence-corrected chi connectivity index (χ4v) is 3.00. The molecule has 2 aromatic carbocycles. The van der Waals surface area contributed by atoms with Crippen LogP contribution in [0.4, 0.5) is 10.1 Å². The maximum atomic E-state index is 13.6. The number of carbonyl (C=O) groups excluding carboxylic acids is 1. The van der Waals surface area contributed by atoms with E-state index in [0.717, 1.165) is 6.07 Å². The summed E-state index contributed by atoms with van der Waals surface area (Å²) in [5.74, 6) is -0.579. The molecule has 3 aromatic rings. The average Bonchev–Trinajstić information content (AvgIpc) is 2.65. The summed E-state index contributed by atoms with van der Waals surface area (Å²) in [4.78, 5) is 25.4. The maximum Gasteiger partial charge on any atom is 0.261 e. The van der Waals surface area contributed by atoms with Gasteiger partial charge in [-0.25, -0.2) is 4.39 Å². The molecular weight excluding hydrogens is 375 g/mol. The van der Waals surface area contributed by atoms with Crippen LogP contribution in [0, 0.1) is 5.82 Å². The number of fused-ring (bicyclic) bond motifs is 1. The van der Waals surface area contributed by atoms with Crippen molar-refractivity contribution in [3.63, 3.8) is 0 Å². The number of halogens is 2. The second-order valence-electron chi connectivity index (χ2n) is 5.79. The Morgan fingerprint density at radius 1 is 1.15 bits per heavy atom. The van der Waals surface area contributed by atoms with Crippen molar-refractivity contribution >= 4 is 34.1 Å². The van der Waals surface area contributed by atoms with Gasteiger partial charge in [0.1, 0.15) is 22.9 Å². The topological polar surface area (TPSA) is 69.6 Å². The fourth-order valence-electron chi connectivity index (χ4n) is 2.77. The monoisotopic (exact) mass is 390 g/mol. The van der Waals surface area contributed by atoms with Crippen molar-refractivity contribution in [2.75, 3.05) is 19.5 Å². The molecule has 1 aromatic heterocycles. The molecule has 0 atom stereocenters. The molecule has 8 heteroatoms. The molecule has 0 unspecified atom stereocenters. The number of benzene rings is 2. The molecule has 0 aliphatic rings. The Morgan fingerprint density at radius 2 is 1.85 bits per heavy atom. The number of aromatic nitrogens is 1. The van der Waals surface area contributed by atoms with E-state index in [-0.39, 0.29) is 16.6 Å². The molecule has 140 valence electrons. The lowest BCUT2D eigenvalue weighted by Gasteiger charge is -2.14. The normalized spacial score (nSPS) is 10.7. The van der Waals surface area contributed by atoms with E-state index in [1.54, 1.807) is 11.6 Å². The zero-order valence-electron chi connectivity index (χ0n) is 14.8. The highest BCUT2D eigenvalue weighted by atomic mass is 35.5. The summed E-state index contributed by atoms with van der Waals surface area (Å²) in [6.45, 7) is 0. The largest absolute Gasteiger partial charge is 0.495 e. The molecular formula is C19H16ClFN2O4. The number of pyridine rings is 1. The van der Waals surface area contributed by atoms with Gasteiger partial charge in [0.2, 0.25) is 5.43 Å². The third-order valence-electron chi connectivity index (χ3n) is 4.12. The number of amides is 1. The Labute approximate surface area is 159 Å². The summed E-state index contributed by atoms with van der Waals surface area (Å²) in [6.07, 6.45) is 1.40. The van der Waals surface area contributed by atoms with Gasteiger partial charge in [0.05, 0.1) is 30.4 Å². The number of hydrogen-bond donors (Lipinski definition) is 1. The van der Waals surface area contributed by atoms with Gasteiger partial charge in [0.15, 0.2) is 0 Å². The van der Waals surface area contributed by atoms with E-state index in [2.05, 4.69) is 5.32 Å². The number of carbonyl (C=O) groups is 1. The van der Waals surface area contributed by atoms with Crippen LogP contribution in [0.15, 0.2) is 41.3 Å². The number of anilines is 1. The summed E-state index contributed by atoms with van der Waals surface area (Å²) in [5.41, 5.74) is 0.0976. The molecule has 0 spiro atoms. The van der Waals surface area contributed by atoms with Crippen molar-refractivity contribution < 1.29 is 18.7 Å². The molecule has 1 heterocycles. The highest BCUT2D eigenvalue weighted by Crippen LogP contribution is 2.36. The van der Waals surface area contributed by atoms with Crippen molar-refractivity contribution in [1.82, 2.24) is 4.57 Å². The van der Waals surface area contributed by atoms with Gasteiger partial charge in [-0.2, -0.15) is 0 Å². The Balaban J connectivity index is 2.07. The van der Waals surface area contributed by atoms with Crippen LogP contribution in [0.5, 0.6) is 11.5 Å². The summed E-state index contributed by atoms with van der Waals surface area (Å²) >= 11 is 6.05. The minimum Gasteiger partial charge on any atom is -0.495 e. The molecule has 0 aliphatic carbocycles. The average molecular weight is 391 g/mol. The van der Waals surface area contributed by atoms with Crippen LogP contribution in [-0.4, -0.2) is 24.7 Å². The lowest BCUT2D eigenvalue weighted by molar-refractivity contribution is 0.102. The van der Waals surface area contributed by atoms with E-state index in [9.17, 15) is 14.0 Å². The zero-order chi connectivity index (χ0) is 19.7. The number of aryl methyl sites for hydroxylation is 1. The van der Waals surface area contributed by atoms with Gasteiger partial charge in [0.25, 0.3) is 5.91 Å². The van der Waals surface area contributed by atoms with Gasteiger partial charge in [0, 0.05) is 30.8 Å². The minimum absolute atomic E-state index is 0.116. The second kappa shape index (κ2) is 7.28. The lowest BCUT2D eigenvalue weighted by atomic mass is 10.1. The molecule has 1 amide bonds. The van der Waals surface area contributed by atoms with E-state index in [0.29, 0.717) is 22.0 Å². The van der Waals surface area contributed by atoms with Gasteiger partial charge in [-0.15, -0.1) is 0 Å². The van der Waals surface area contributed by atoms with Crippen molar-refractivity contribution in [2.24, 2.45) is 7.05 Å². The van der Waals surface area contributed by atoms with Crippen LogP contribution in [0.25, 0.3) is 10.9 Å². The van der Waals surface area contributed by atoms with E-state index in [1.165, 1.54) is 44.7 Å². The van der Waals surface area contributed by atoms with E-state index >= 15 is 0 Å². The number of ether oxygens (including phenoxy) is 2. The predicted molar refractivity (Wildman–Crippen MR) is 102 cm³/mol. The lowest BCUT2D eigenvalue weighted by Crippen LogP contribution is -2.23. The van der Waals surface area contributed by atoms with Crippen LogP contribution in [0.1, 0.15) is 10.4 Å². The first-order valence-electron chi connectivity index (χ1n) is 7.87. The van der Waals surface area contributed by atoms with Crippen LogP contribution in [-0.2, 0) is 7.05 Å². The van der Waals surface area contributed by atoms with Crippen molar-refractivity contribution in [2.45, 2.75) is 0 Å². The van der Waals surface area contributed by atoms with Gasteiger partial charge in [-0.3, -0.25) is 9.59 Å². The quantitative estimate of drug-likeness (QED) is 0.739. The maximum absolute atomic E-state index is 13.6. The molecule has 0 bridgehead atoms. The zero-order valence-corrected chi connectivity index (χ0v) is 15.6. The second-order valence-corrected chi connectivity index (χ2v) is 6.19. The van der Waals surface area contributed by atoms with Crippen molar-refractivity contribution in [1.29, 1.82) is 0 Å². The fraction of sp³-hybridized carbons (Fsp3) is 0.158. The van der Waals surface area contributed by atoms with Crippen LogP contribution >= 0.6 is 11.6 Å². The van der Waals surface area contributed by atoms with Gasteiger partial charge in [-0.1, -0.05) is 11.6 Å². The van der Waals surface area contributed by atoms with Gasteiger partial charge >= 0.3 is 0 Å². The van der Waals surface area contributed by atoms with E-state index < -0.39 is 17.2 Å². The number of nitrogens with zero attached hydrogens (tertiary/aromatic N) is 1. The molecule has 1 N–H and O–H groups in total. The molecule has 0 radical (unpaired) electrons. The number of methoxy groups -OCH3 is 2. The predicted octanol–water partition coefficient (Wildman–Crippen LogP) is 3.60. The van der Waals surface area contributed by atoms with Crippen molar-refractivity contribution in [3.05, 3.63) is 63.2 Å². The van der Waals surface area contributed by atoms with E-state index in [4.69, 9.17) is 21.1 Å². The third-order valence-corrected chi connectivity index (χ3v) is 4.41. The van der Waals surface area contributed by atoms with Gasteiger partial charge < -0.3 is 19.4 Å². The Kier molecular flexibility index (Phi) is 5.05. The summed E-state index contributed by atoms with van der Waals surface area (Å²) < 4.78 is 25.5. The Bertz CT molecular complexity index is 1110. The highest BCUT2D eigenvalue weighted by Gasteiger charge is 2.18. The van der Waals surface area contributed by atoms with Crippen LogP contribution < -0.4 is 20.2 Å². The standard InChI is InChI=1S/C19H16ClFN2O4/c1-23-9-12(18(24)11-6-10(21)4-5-15(11)23)19(25)22-14-8-16(26-2)13(20)7-17(14)27-3/h4-9H,1-3H3,(H,22,25). The number of hydrogen-bond acceptors (Lipinski definition) is 4. The molecule has 0 saturated carbocycles. The number of rotatable bonds is 4. The molecule has 0 saturated heterocycles. The number of nitrogens with one attached hydrogen (secondary N) is 1. The molecule has 0 aliphatic heterocycles. The summed E-state index contributed by atoms with van der Waals surface area (Å²) in [7, 11) is 4.53. The highest BCUT2D eigenvalue weighted by molar-refractivity contribution is 6.32. The minimum atomic E-state index is -0.663. The SMILES string of the molecule is COc1cc(NC(=O)c2cn(C)c3ccc(F)cc3c2=O)c(OC)cc1Cl. The molecule has 27 heavy (non-hydrogen) atoms.